The number of benzene rings is 2. The summed E-state index contributed by atoms with van der Waals surface area (Å²) in [4.78, 5) is 4.60. The van der Waals surface area contributed by atoms with E-state index < -0.39 is 0 Å². The van der Waals surface area contributed by atoms with Crippen molar-refractivity contribution in [3.05, 3.63) is 95.3 Å². The Labute approximate surface area is 200 Å². The Balaban J connectivity index is 1.71. The Morgan fingerprint density at radius 1 is 0.939 bits per heavy atom. The van der Waals surface area contributed by atoms with Gasteiger partial charge < -0.3 is 20.8 Å². The van der Waals surface area contributed by atoms with Crippen LogP contribution in [-0.2, 0) is 0 Å². The topological polar surface area (TPSA) is 79.1 Å². The molecule has 1 unspecified atom stereocenters. The molecule has 2 aromatic carbocycles. The molecule has 0 saturated heterocycles. The molecule has 0 amide bonds. The van der Waals surface area contributed by atoms with E-state index >= 15 is 0 Å². The fourth-order valence-electron chi connectivity index (χ4n) is 3.93. The molecule has 0 radical (unpaired) electrons. The zero-order valence-corrected chi connectivity index (χ0v) is 19.5. The van der Waals surface area contributed by atoms with Crippen LogP contribution in [0.3, 0.4) is 0 Å². The number of anilines is 2. The molecule has 0 bridgehead atoms. The minimum atomic E-state index is -0.267. The maximum Gasteiger partial charge on any atom is 0.146 e. The number of unbranched alkanes of at least 4 members (excludes halogenated alkanes) is 2. The molecule has 5 nitrogen and oxygen atoms in total. The predicted octanol–water partition coefficient (Wildman–Crippen LogP) is 6.57. The molecule has 0 fully saturated rings. The lowest BCUT2D eigenvalue weighted by Gasteiger charge is -2.24. The van der Waals surface area contributed by atoms with Gasteiger partial charge in [0.15, 0.2) is 0 Å². The molecule has 170 valence electrons. The zero-order valence-electron chi connectivity index (χ0n) is 18.7. The largest absolute Gasteiger partial charge is 0.494 e. The first kappa shape index (κ1) is 22.7. The molecule has 0 aliphatic rings. The average Bonchev–Trinajstić information content (AvgIpc) is 3.30. The van der Waals surface area contributed by atoms with E-state index in [-0.39, 0.29) is 6.04 Å². The molecule has 4 N–H and O–H groups in total. The number of aromatic nitrogens is 2. The summed E-state index contributed by atoms with van der Waals surface area (Å²) in [5.41, 5.74) is 16.3. The van der Waals surface area contributed by atoms with Gasteiger partial charge in [-0.25, -0.2) is 4.98 Å². The Morgan fingerprint density at radius 2 is 1.73 bits per heavy atom. The van der Waals surface area contributed by atoms with Gasteiger partial charge in [0.1, 0.15) is 17.6 Å². The third-order valence-corrected chi connectivity index (χ3v) is 6.03. The minimum Gasteiger partial charge on any atom is -0.494 e. The standard InChI is InChI=1S/C27H29ClN4O/c1-2-3-6-18-33-20-13-11-19(12-14-20)25-10-7-17-32(25)26(21-8-4-5-9-22(21)28)24-16-15-23(29)27(30)31-24/h4-5,7-17,26H,2-3,6,18,29H2,1H3,(H2,30,31). The smallest absolute Gasteiger partial charge is 0.146 e. The van der Waals surface area contributed by atoms with Gasteiger partial charge in [-0.1, -0.05) is 49.6 Å². The Hall–Kier alpha value is -3.44. The molecular weight excluding hydrogens is 432 g/mol. The quantitative estimate of drug-likeness (QED) is 0.277. The zero-order chi connectivity index (χ0) is 23.2. The fraction of sp³-hybridized carbons (Fsp3) is 0.222. The molecule has 33 heavy (non-hydrogen) atoms. The second-order valence-electron chi connectivity index (χ2n) is 8.02. The number of nitrogens with zero attached hydrogens (tertiary/aromatic N) is 2. The van der Waals surface area contributed by atoms with E-state index in [1.54, 1.807) is 6.07 Å². The number of ether oxygens (including phenoxy) is 1. The Bertz CT molecular complexity index is 1200. The molecule has 6 heteroatoms. The van der Waals surface area contributed by atoms with Gasteiger partial charge in [0, 0.05) is 16.9 Å². The summed E-state index contributed by atoms with van der Waals surface area (Å²) >= 11 is 6.63. The monoisotopic (exact) mass is 460 g/mol. The summed E-state index contributed by atoms with van der Waals surface area (Å²) in [5, 5.41) is 0.662. The van der Waals surface area contributed by atoms with Crippen LogP contribution in [0.4, 0.5) is 11.5 Å². The molecule has 4 rings (SSSR count). The van der Waals surface area contributed by atoms with Crippen LogP contribution < -0.4 is 16.2 Å². The number of nitrogens with two attached hydrogens (primary N) is 2. The second kappa shape index (κ2) is 10.5. The molecule has 0 aliphatic carbocycles. The third kappa shape index (κ3) is 5.15. The number of hydrogen-bond acceptors (Lipinski definition) is 4. The number of hydrogen-bond donors (Lipinski definition) is 2. The van der Waals surface area contributed by atoms with Crippen molar-refractivity contribution in [2.45, 2.75) is 32.2 Å². The Kier molecular flexibility index (Phi) is 7.20. The number of halogens is 1. The maximum atomic E-state index is 6.63. The van der Waals surface area contributed by atoms with Crippen LogP contribution in [-0.4, -0.2) is 16.2 Å². The summed E-state index contributed by atoms with van der Waals surface area (Å²) < 4.78 is 8.04. The van der Waals surface area contributed by atoms with Gasteiger partial charge in [0.2, 0.25) is 0 Å². The molecule has 0 aliphatic heterocycles. The van der Waals surface area contributed by atoms with Crippen LogP contribution >= 0.6 is 11.6 Å². The molecule has 2 heterocycles. The van der Waals surface area contributed by atoms with Crippen molar-refractivity contribution in [3.8, 4) is 17.0 Å². The first-order valence-electron chi connectivity index (χ1n) is 11.2. The van der Waals surface area contributed by atoms with E-state index in [2.05, 4.69) is 34.7 Å². The summed E-state index contributed by atoms with van der Waals surface area (Å²) in [6.45, 7) is 2.93. The van der Waals surface area contributed by atoms with Crippen molar-refractivity contribution < 1.29 is 4.74 Å². The van der Waals surface area contributed by atoms with Crippen molar-refractivity contribution in [2.24, 2.45) is 0 Å². The second-order valence-corrected chi connectivity index (χ2v) is 8.42. The first-order chi connectivity index (χ1) is 16.1. The van der Waals surface area contributed by atoms with Crippen molar-refractivity contribution in [3.63, 3.8) is 0 Å². The summed E-state index contributed by atoms with van der Waals surface area (Å²) in [5.74, 6) is 1.19. The van der Waals surface area contributed by atoms with Gasteiger partial charge in [-0.15, -0.1) is 0 Å². The lowest BCUT2D eigenvalue weighted by atomic mass is 10.0. The molecule has 0 saturated carbocycles. The number of nitrogen functional groups attached to an aromatic ring is 2. The molecule has 1 atom stereocenters. The van der Waals surface area contributed by atoms with Gasteiger partial charge in [-0.05, 0) is 72.1 Å². The van der Waals surface area contributed by atoms with Crippen molar-refractivity contribution in [1.82, 2.24) is 9.55 Å². The number of rotatable bonds is 9. The van der Waals surface area contributed by atoms with Crippen molar-refractivity contribution in [1.29, 1.82) is 0 Å². The van der Waals surface area contributed by atoms with Crippen LogP contribution in [0.25, 0.3) is 11.3 Å². The summed E-state index contributed by atoms with van der Waals surface area (Å²) in [6.07, 6.45) is 5.46. The highest BCUT2D eigenvalue weighted by molar-refractivity contribution is 6.31. The van der Waals surface area contributed by atoms with E-state index in [9.17, 15) is 0 Å². The van der Waals surface area contributed by atoms with Crippen molar-refractivity contribution >= 4 is 23.1 Å². The Morgan fingerprint density at radius 3 is 2.45 bits per heavy atom. The molecule has 0 spiro atoms. The lowest BCUT2D eigenvalue weighted by Crippen LogP contribution is -2.15. The lowest BCUT2D eigenvalue weighted by molar-refractivity contribution is 0.306. The highest BCUT2D eigenvalue weighted by Crippen LogP contribution is 2.36. The van der Waals surface area contributed by atoms with Crippen molar-refractivity contribution in [2.75, 3.05) is 18.1 Å². The van der Waals surface area contributed by atoms with Gasteiger partial charge in [0.25, 0.3) is 0 Å². The third-order valence-electron chi connectivity index (χ3n) is 5.68. The fourth-order valence-corrected chi connectivity index (χ4v) is 4.17. The minimum absolute atomic E-state index is 0.267. The highest BCUT2D eigenvalue weighted by Gasteiger charge is 2.23. The van der Waals surface area contributed by atoms with E-state index in [0.29, 0.717) is 16.5 Å². The average molecular weight is 461 g/mol. The van der Waals surface area contributed by atoms with Crippen LogP contribution in [0.5, 0.6) is 5.75 Å². The molecular formula is C27H29ClN4O. The van der Waals surface area contributed by atoms with Gasteiger partial charge in [0.05, 0.1) is 18.0 Å². The summed E-state index contributed by atoms with van der Waals surface area (Å²) in [7, 11) is 0. The van der Waals surface area contributed by atoms with E-state index in [1.165, 1.54) is 12.8 Å². The molecule has 4 aromatic rings. The van der Waals surface area contributed by atoms with Crippen LogP contribution in [0.15, 0.2) is 79.0 Å². The van der Waals surface area contributed by atoms with Crippen LogP contribution in [0.1, 0.15) is 43.5 Å². The van der Waals surface area contributed by atoms with E-state index in [4.69, 9.17) is 27.8 Å². The van der Waals surface area contributed by atoms with Gasteiger partial charge >= 0.3 is 0 Å². The van der Waals surface area contributed by atoms with E-state index in [1.807, 2.05) is 54.7 Å². The van der Waals surface area contributed by atoms with Crippen LogP contribution in [0, 0.1) is 0 Å². The predicted molar refractivity (Wildman–Crippen MR) is 137 cm³/mol. The summed E-state index contributed by atoms with van der Waals surface area (Å²) in [6, 6.07) is 23.5. The molecule has 2 aromatic heterocycles. The van der Waals surface area contributed by atoms with Crippen LogP contribution in [0.2, 0.25) is 5.02 Å². The first-order valence-corrected chi connectivity index (χ1v) is 11.6. The normalized spacial score (nSPS) is 11.9. The van der Waals surface area contributed by atoms with Gasteiger partial charge in [-0.2, -0.15) is 0 Å². The maximum absolute atomic E-state index is 6.63. The SMILES string of the molecule is CCCCCOc1ccc(-c2cccn2C(c2ccc(N)c(N)n2)c2ccccc2Cl)cc1. The number of pyridine rings is 1. The highest BCUT2D eigenvalue weighted by atomic mass is 35.5. The van der Waals surface area contributed by atoms with Gasteiger partial charge in [-0.3, -0.25) is 0 Å². The van der Waals surface area contributed by atoms with E-state index in [0.717, 1.165) is 41.3 Å².